The summed E-state index contributed by atoms with van der Waals surface area (Å²) in [5, 5.41) is 9.29. The lowest BCUT2D eigenvalue weighted by molar-refractivity contribution is 0.153. The Morgan fingerprint density at radius 3 is 2.73 bits per heavy atom. The normalized spacial score (nSPS) is 27.1. The van der Waals surface area contributed by atoms with Crippen LogP contribution in [0.25, 0.3) is 0 Å². The number of hydrogen-bond acceptors (Lipinski definition) is 2. The monoisotopic (exact) mass is 205 g/mol. The average molecular weight is 205 g/mol. The van der Waals surface area contributed by atoms with Crippen LogP contribution in [-0.2, 0) is 6.54 Å². The minimum absolute atomic E-state index is 0.289. The van der Waals surface area contributed by atoms with Crippen molar-refractivity contribution in [3.8, 4) is 0 Å². The summed E-state index contributed by atoms with van der Waals surface area (Å²) in [4.78, 5) is 2.39. The summed E-state index contributed by atoms with van der Waals surface area (Å²) >= 11 is 0. The van der Waals surface area contributed by atoms with Crippen LogP contribution in [0.4, 0.5) is 0 Å². The first-order chi connectivity index (χ1) is 7.29. The molecule has 1 N–H and O–H groups in total. The van der Waals surface area contributed by atoms with Crippen LogP contribution in [0, 0.1) is 5.92 Å². The van der Waals surface area contributed by atoms with Gasteiger partial charge in [-0.15, -0.1) is 0 Å². The fourth-order valence-electron chi connectivity index (χ4n) is 2.44. The Morgan fingerprint density at radius 2 is 2.07 bits per heavy atom. The van der Waals surface area contributed by atoms with Crippen molar-refractivity contribution in [2.24, 2.45) is 5.92 Å². The van der Waals surface area contributed by atoms with E-state index in [1.807, 2.05) is 6.07 Å². The first-order valence-electron chi connectivity index (χ1n) is 5.68. The number of rotatable bonds is 3. The maximum absolute atomic E-state index is 9.29. The van der Waals surface area contributed by atoms with E-state index in [-0.39, 0.29) is 6.61 Å². The van der Waals surface area contributed by atoms with Crippen molar-refractivity contribution < 1.29 is 5.11 Å². The second-order valence-corrected chi connectivity index (χ2v) is 4.59. The molecule has 0 amide bonds. The molecule has 82 valence electrons. The third kappa shape index (κ3) is 2.58. The summed E-state index contributed by atoms with van der Waals surface area (Å²) in [6.45, 7) is 4.63. The summed E-state index contributed by atoms with van der Waals surface area (Å²) in [6, 6.07) is 10.8. The largest absolute Gasteiger partial charge is 0.395 e. The van der Waals surface area contributed by atoms with Crippen molar-refractivity contribution in [1.82, 2.24) is 4.90 Å². The zero-order valence-electron chi connectivity index (χ0n) is 9.26. The third-order valence-corrected chi connectivity index (χ3v) is 3.18. The standard InChI is InChI=1S/C13H19NO/c1-11-7-13(10-15)14(8-11)9-12-5-3-2-4-6-12/h2-6,11,13,15H,7-10H2,1H3/t11-,13?/m1/s1. The molecule has 0 bridgehead atoms. The van der Waals surface area contributed by atoms with E-state index < -0.39 is 0 Å². The Labute approximate surface area is 91.5 Å². The number of aliphatic hydroxyl groups is 1. The first kappa shape index (κ1) is 10.7. The van der Waals surface area contributed by atoms with E-state index in [1.54, 1.807) is 0 Å². The quantitative estimate of drug-likeness (QED) is 0.814. The highest BCUT2D eigenvalue weighted by molar-refractivity contribution is 5.14. The lowest BCUT2D eigenvalue weighted by Crippen LogP contribution is -2.31. The van der Waals surface area contributed by atoms with Gasteiger partial charge in [-0.3, -0.25) is 4.90 Å². The average Bonchev–Trinajstić information content (AvgIpc) is 2.60. The molecule has 0 aliphatic carbocycles. The maximum atomic E-state index is 9.29. The zero-order chi connectivity index (χ0) is 10.7. The molecule has 1 aliphatic rings. The molecule has 2 rings (SSSR count). The van der Waals surface area contributed by atoms with Gasteiger partial charge in [-0.2, -0.15) is 0 Å². The molecule has 15 heavy (non-hydrogen) atoms. The van der Waals surface area contributed by atoms with Gasteiger partial charge in [-0.1, -0.05) is 37.3 Å². The van der Waals surface area contributed by atoms with Gasteiger partial charge in [-0.05, 0) is 17.9 Å². The first-order valence-corrected chi connectivity index (χ1v) is 5.68. The van der Waals surface area contributed by atoms with Crippen LogP contribution >= 0.6 is 0 Å². The molecule has 2 atom stereocenters. The second-order valence-electron chi connectivity index (χ2n) is 4.59. The van der Waals surface area contributed by atoms with Crippen molar-refractivity contribution in [2.45, 2.75) is 25.9 Å². The van der Waals surface area contributed by atoms with Crippen LogP contribution in [0.1, 0.15) is 18.9 Å². The molecule has 1 heterocycles. The van der Waals surface area contributed by atoms with E-state index in [0.717, 1.165) is 19.5 Å². The smallest absolute Gasteiger partial charge is 0.0587 e. The minimum atomic E-state index is 0.289. The molecule has 0 spiro atoms. The lowest BCUT2D eigenvalue weighted by atomic mass is 10.1. The topological polar surface area (TPSA) is 23.5 Å². The van der Waals surface area contributed by atoms with Crippen LogP contribution < -0.4 is 0 Å². The Hall–Kier alpha value is -0.860. The molecule has 1 aromatic carbocycles. The van der Waals surface area contributed by atoms with E-state index in [1.165, 1.54) is 5.56 Å². The van der Waals surface area contributed by atoms with Crippen molar-refractivity contribution in [3.05, 3.63) is 35.9 Å². The summed E-state index contributed by atoms with van der Waals surface area (Å²) in [6.07, 6.45) is 1.13. The van der Waals surface area contributed by atoms with Gasteiger partial charge in [0.25, 0.3) is 0 Å². The van der Waals surface area contributed by atoms with Gasteiger partial charge < -0.3 is 5.11 Å². The molecule has 0 saturated carbocycles. The van der Waals surface area contributed by atoms with Gasteiger partial charge >= 0.3 is 0 Å². The number of nitrogens with zero attached hydrogens (tertiary/aromatic N) is 1. The highest BCUT2D eigenvalue weighted by Crippen LogP contribution is 2.24. The van der Waals surface area contributed by atoms with Gasteiger partial charge in [0.2, 0.25) is 0 Å². The van der Waals surface area contributed by atoms with E-state index >= 15 is 0 Å². The predicted molar refractivity (Wildman–Crippen MR) is 61.5 cm³/mol. The van der Waals surface area contributed by atoms with Crippen LogP contribution in [0.2, 0.25) is 0 Å². The Kier molecular flexibility index (Phi) is 3.39. The maximum Gasteiger partial charge on any atom is 0.0587 e. The summed E-state index contributed by atoms with van der Waals surface area (Å²) < 4.78 is 0. The molecule has 1 fully saturated rings. The predicted octanol–water partition coefficient (Wildman–Crippen LogP) is 1.89. The highest BCUT2D eigenvalue weighted by Gasteiger charge is 2.28. The Morgan fingerprint density at radius 1 is 1.33 bits per heavy atom. The minimum Gasteiger partial charge on any atom is -0.395 e. The van der Waals surface area contributed by atoms with Crippen LogP contribution in [0.15, 0.2) is 30.3 Å². The molecular formula is C13H19NO. The van der Waals surface area contributed by atoms with E-state index in [0.29, 0.717) is 12.0 Å². The third-order valence-electron chi connectivity index (χ3n) is 3.18. The number of likely N-dealkylation sites (tertiary alicyclic amines) is 1. The van der Waals surface area contributed by atoms with Crippen LogP contribution in [0.3, 0.4) is 0 Å². The molecule has 1 aliphatic heterocycles. The number of aliphatic hydroxyl groups excluding tert-OH is 1. The van der Waals surface area contributed by atoms with Crippen molar-refractivity contribution in [3.63, 3.8) is 0 Å². The van der Waals surface area contributed by atoms with E-state index in [9.17, 15) is 5.11 Å². The lowest BCUT2D eigenvalue weighted by Gasteiger charge is -2.22. The number of benzene rings is 1. The van der Waals surface area contributed by atoms with Gasteiger partial charge in [0, 0.05) is 19.1 Å². The fraction of sp³-hybridized carbons (Fsp3) is 0.538. The molecule has 2 nitrogen and oxygen atoms in total. The summed E-state index contributed by atoms with van der Waals surface area (Å²) in [5.74, 6) is 0.714. The fourth-order valence-corrected chi connectivity index (χ4v) is 2.44. The van der Waals surface area contributed by atoms with Gasteiger partial charge in [0.1, 0.15) is 0 Å². The van der Waals surface area contributed by atoms with Gasteiger partial charge in [0.05, 0.1) is 6.61 Å². The van der Waals surface area contributed by atoms with E-state index in [2.05, 4.69) is 36.1 Å². The molecule has 1 saturated heterocycles. The molecule has 1 aromatic rings. The molecule has 2 heteroatoms. The van der Waals surface area contributed by atoms with Gasteiger partial charge in [-0.25, -0.2) is 0 Å². The molecule has 0 aromatic heterocycles. The summed E-state index contributed by atoms with van der Waals surface area (Å²) in [7, 11) is 0. The summed E-state index contributed by atoms with van der Waals surface area (Å²) in [5.41, 5.74) is 1.34. The van der Waals surface area contributed by atoms with E-state index in [4.69, 9.17) is 0 Å². The molecule has 1 unspecified atom stereocenters. The van der Waals surface area contributed by atoms with Crippen LogP contribution in [0.5, 0.6) is 0 Å². The van der Waals surface area contributed by atoms with Crippen molar-refractivity contribution >= 4 is 0 Å². The second kappa shape index (κ2) is 4.77. The van der Waals surface area contributed by atoms with Crippen LogP contribution in [-0.4, -0.2) is 29.2 Å². The Balaban J connectivity index is 2.00. The van der Waals surface area contributed by atoms with Crippen molar-refractivity contribution in [2.75, 3.05) is 13.2 Å². The molecule has 0 radical (unpaired) electrons. The SMILES string of the molecule is C[C@@H]1CC(CO)N(Cc2ccccc2)C1. The highest BCUT2D eigenvalue weighted by atomic mass is 16.3. The number of hydrogen-bond donors (Lipinski definition) is 1. The van der Waals surface area contributed by atoms with Crippen molar-refractivity contribution in [1.29, 1.82) is 0 Å². The Bertz CT molecular complexity index is 299. The van der Waals surface area contributed by atoms with Gasteiger partial charge in [0.15, 0.2) is 0 Å². The molecular weight excluding hydrogens is 186 g/mol. The zero-order valence-corrected chi connectivity index (χ0v) is 9.26.